The van der Waals surface area contributed by atoms with E-state index >= 15 is 0 Å². The van der Waals surface area contributed by atoms with E-state index in [4.69, 9.17) is 5.10 Å². The van der Waals surface area contributed by atoms with Gasteiger partial charge in [-0.05, 0) is 36.8 Å². The third-order valence-electron chi connectivity index (χ3n) is 4.01. The number of piperidine rings is 1. The quantitative estimate of drug-likeness (QED) is 0.596. The molecule has 3 nitrogen and oxygen atoms in total. The van der Waals surface area contributed by atoms with Crippen LogP contribution in [-0.2, 0) is 12.8 Å². The summed E-state index contributed by atoms with van der Waals surface area (Å²) in [5.74, 6) is 0.864. The fourth-order valence-corrected chi connectivity index (χ4v) is 3.23. The first-order valence-electron chi connectivity index (χ1n) is 6.27. The minimum atomic E-state index is 0.864. The predicted octanol–water partition coefficient (Wildman–Crippen LogP) is 0.843. The molecule has 1 aromatic heterocycles. The number of rotatable bonds is 0. The Morgan fingerprint density at radius 3 is 3.44 bits per heavy atom. The standard InChI is InChI=1S/C13H16N3/c1-4-11-8-12-7-10-3-2-6-15(9-10)16(12)14-13(11)5-1/h1,5,8,10H,2-4,6-7,9H2/q+1. The number of fused-ring (bicyclic) bond motifs is 5. The third-order valence-corrected chi connectivity index (χ3v) is 4.01. The smallest absolute Gasteiger partial charge is 0.156 e. The molecule has 1 unspecified atom stereocenters. The summed E-state index contributed by atoms with van der Waals surface area (Å²) in [7, 11) is 0. The average molecular weight is 214 g/mol. The van der Waals surface area contributed by atoms with E-state index in [2.05, 4.69) is 28.0 Å². The Labute approximate surface area is 95.4 Å². The Balaban J connectivity index is 1.86. The van der Waals surface area contributed by atoms with Gasteiger partial charge >= 0.3 is 0 Å². The van der Waals surface area contributed by atoms with E-state index in [1.165, 1.54) is 49.3 Å². The molecule has 0 N–H and O–H groups in total. The Morgan fingerprint density at radius 2 is 2.44 bits per heavy atom. The van der Waals surface area contributed by atoms with Crippen LogP contribution in [0, 0.1) is 5.92 Å². The fourth-order valence-electron chi connectivity index (χ4n) is 3.23. The summed E-state index contributed by atoms with van der Waals surface area (Å²) in [5.41, 5.74) is 4.00. The van der Waals surface area contributed by atoms with Crippen LogP contribution in [-0.4, -0.2) is 18.2 Å². The second-order valence-corrected chi connectivity index (χ2v) is 5.17. The van der Waals surface area contributed by atoms with Crippen LogP contribution >= 0.6 is 0 Å². The molecule has 2 aliphatic heterocycles. The van der Waals surface area contributed by atoms with Crippen LogP contribution in [0.25, 0.3) is 6.08 Å². The summed E-state index contributed by atoms with van der Waals surface area (Å²) in [4.78, 5) is 2.17. The maximum Gasteiger partial charge on any atom is 0.243 e. The van der Waals surface area contributed by atoms with E-state index in [0.29, 0.717) is 0 Å². The molecule has 1 atom stereocenters. The van der Waals surface area contributed by atoms with E-state index in [1.807, 2.05) is 0 Å². The lowest BCUT2D eigenvalue weighted by atomic mass is 9.92. The third kappa shape index (κ3) is 1.14. The molecule has 0 spiro atoms. The molecule has 16 heavy (non-hydrogen) atoms. The normalized spacial score (nSPS) is 25.5. The van der Waals surface area contributed by atoms with Crippen LogP contribution in [0.4, 0.5) is 0 Å². The molecule has 3 aliphatic rings. The Bertz CT molecular complexity index is 478. The minimum Gasteiger partial charge on any atom is -0.156 e. The zero-order valence-electron chi connectivity index (χ0n) is 9.39. The van der Waals surface area contributed by atoms with Gasteiger partial charge in [-0.25, -0.2) is 0 Å². The maximum absolute atomic E-state index is 4.77. The molecular weight excluding hydrogens is 198 g/mol. The van der Waals surface area contributed by atoms with Crippen molar-refractivity contribution in [2.75, 3.05) is 18.1 Å². The molecule has 3 heteroatoms. The largest absolute Gasteiger partial charge is 0.243 e. The van der Waals surface area contributed by atoms with Crippen LogP contribution < -0.4 is 9.80 Å². The van der Waals surface area contributed by atoms with Crippen molar-refractivity contribution in [1.82, 2.24) is 5.10 Å². The van der Waals surface area contributed by atoms with E-state index in [-0.39, 0.29) is 0 Å². The highest BCUT2D eigenvalue weighted by Gasteiger charge is 2.36. The summed E-state index contributed by atoms with van der Waals surface area (Å²) in [5, 5.41) is 7.19. The summed E-state index contributed by atoms with van der Waals surface area (Å²) >= 11 is 0. The van der Waals surface area contributed by atoms with Crippen molar-refractivity contribution in [3.63, 3.8) is 0 Å². The number of hydrogen-bond donors (Lipinski definition) is 0. The van der Waals surface area contributed by atoms with Crippen LogP contribution in [0.1, 0.15) is 29.8 Å². The van der Waals surface area contributed by atoms with E-state index in [9.17, 15) is 0 Å². The summed E-state index contributed by atoms with van der Waals surface area (Å²) < 4.78 is 0. The van der Waals surface area contributed by atoms with Crippen LogP contribution in [0.2, 0.25) is 0 Å². The fraction of sp³-hybridized carbons (Fsp3) is 0.538. The first-order chi connectivity index (χ1) is 7.90. The molecular formula is C13H16N3+. The first-order valence-corrected chi connectivity index (χ1v) is 6.27. The van der Waals surface area contributed by atoms with Gasteiger partial charge in [-0.3, -0.25) is 0 Å². The molecule has 1 saturated heterocycles. The van der Waals surface area contributed by atoms with Gasteiger partial charge in [0, 0.05) is 22.4 Å². The molecule has 4 rings (SSSR count). The molecule has 2 bridgehead atoms. The lowest BCUT2D eigenvalue weighted by Crippen LogP contribution is -2.69. The van der Waals surface area contributed by atoms with Gasteiger partial charge in [0.15, 0.2) is 0 Å². The lowest BCUT2D eigenvalue weighted by Gasteiger charge is -2.32. The van der Waals surface area contributed by atoms with Gasteiger partial charge in [-0.2, -0.15) is 5.01 Å². The minimum absolute atomic E-state index is 0.864. The van der Waals surface area contributed by atoms with Crippen molar-refractivity contribution in [2.24, 2.45) is 5.92 Å². The number of hydrogen-bond acceptors (Lipinski definition) is 2. The summed E-state index contributed by atoms with van der Waals surface area (Å²) in [6, 6.07) is 2.37. The van der Waals surface area contributed by atoms with E-state index < -0.39 is 0 Å². The Hall–Kier alpha value is -1.38. The van der Waals surface area contributed by atoms with Gasteiger partial charge in [0.25, 0.3) is 0 Å². The van der Waals surface area contributed by atoms with Crippen molar-refractivity contribution in [3.8, 4) is 0 Å². The van der Waals surface area contributed by atoms with Crippen molar-refractivity contribution in [3.05, 3.63) is 29.1 Å². The van der Waals surface area contributed by atoms with Gasteiger partial charge in [-0.1, -0.05) is 6.08 Å². The molecule has 1 fully saturated rings. The van der Waals surface area contributed by atoms with Crippen molar-refractivity contribution in [2.45, 2.75) is 25.7 Å². The summed E-state index contributed by atoms with van der Waals surface area (Å²) in [6.07, 6.45) is 9.37. The average Bonchev–Trinajstić information content (AvgIpc) is 2.74. The zero-order chi connectivity index (χ0) is 10.5. The highest BCUT2D eigenvalue weighted by atomic mass is 15.7. The molecule has 1 aromatic rings. The molecule has 1 aliphatic carbocycles. The lowest BCUT2D eigenvalue weighted by molar-refractivity contribution is -0.763. The molecule has 82 valence electrons. The maximum atomic E-state index is 4.77. The van der Waals surface area contributed by atoms with Crippen LogP contribution in [0.3, 0.4) is 0 Å². The molecule has 0 radical (unpaired) electrons. The van der Waals surface area contributed by atoms with Crippen molar-refractivity contribution >= 4 is 6.08 Å². The molecule has 0 amide bonds. The topological polar surface area (TPSA) is 20.0 Å². The predicted molar refractivity (Wildman–Crippen MR) is 61.5 cm³/mol. The Morgan fingerprint density at radius 1 is 1.44 bits per heavy atom. The summed E-state index contributed by atoms with van der Waals surface area (Å²) in [6.45, 7) is 2.37. The molecule has 0 saturated carbocycles. The van der Waals surface area contributed by atoms with E-state index in [0.717, 1.165) is 12.3 Å². The number of nitrogens with zero attached hydrogens (tertiary/aromatic N) is 3. The number of allylic oxidation sites excluding steroid dienone is 1. The molecule has 0 aromatic carbocycles. The van der Waals surface area contributed by atoms with Crippen molar-refractivity contribution in [1.29, 1.82) is 0 Å². The SMILES string of the molecule is C1=Cc2n[n+]3c(cc2C1)CC1CCCN3C1. The zero-order valence-corrected chi connectivity index (χ0v) is 9.39. The highest BCUT2D eigenvalue weighted by Crippen LogP contribution is 2.24. The molecule has 3 heterocycles. The highest BCUT2D eigenvalue weighted by molar-refractivity contribution is 5.54. The van der Waals surface area contributed by atoms with Gasteiger partial charge in [0.1, 0.15) is 5.69 Å². The second kappa shape index (κ2) is 3.06. The Kier molecular flexibility index (Phi) is 1.67. The van der Waals surface area contributed by atoms with Gasteiger partial charge in [-0.15, -0.1) is 0 Å². The van der Waals surface area contributed by atoms with Gasteiger partial charge < -0.3 is 0 Å². The van der Waals surface area contributed by atoms with Crippen LogP contribution in [0.5, 0.6) is 0 Å². The van der Waals surface area contributed by atoms with E-state index in [1.54, 1.807) is 0 Å². The number of aromatic nitrogens is 2. The van der Waals surface area contributed by atoms with Crippen molar-refractivity contribution < 1.29 is 4.79 Å². The van der Waals surface area contributed by atoms with Crippen LogP contribution in [0.15, 0.2) is 12.1 Å². The van der Waals surface area contributed by atoms with Gasteiger partial charge in [0.05, 0.1) is 13.1 Å². The second-order valence-electron chi connectivity index (χ2n) is 5.17. The van der Waals surface area contributed by atoms with Gasteiger partial charge in [0.2, 0.25) is 5.69 Å². The first kappa shape index (κ1) is 8.74. The monoisotopic (exact) mass is 214 g/mol.